The van der Waals surface area contributed by atoms with Crippen LogP contribution < -0.4 is 9.47 Å². The topological polar surface area (TPSA) is 34.8 Å². The van der Waals surface area contributed by atoms with Gasteiger partial charge < -0.3 is 13.9 Å². The van der Waals surface area contributed by atoms with Gasteiger partial charge in [-0.25, -0.2) is 0 Å². The summed E-state index contributed by atoms with van der Waals surface area (Å²) in [5.41, 5.74) is 1.92. The molecule has 0 N–H and O–H groups in total. The van der Waals surface area contributed by atoms with E-state index < -0.39 is 0 Å². The molecule has 27 heavy (non-hydrogen) atoms. The van der Waals surface area contributed by atoms with Crippen molar-refractivity contribution in [3.63, 3.8) is 0 Å². The second-order valence-corrected chi connectivity index (χ2v) is 7.35. The van der Waals surface area contributed by atoms with E-state index in [1.165, 1.54) is 25.9 Å². The van der Waals surface area contributed by atoms with Crippen LogP contribution in [0.5, 0.6) is 11.5 Å². The van der Waals surface area contributed by atoms with Crippen LogP contribution in [0, 0.1) is 0 Å². The Morgan fingerprint density at radius 3 is 2.59 bits per heavy atom. The second-order valence-electron chi connectivity index (χ2n) is 6.92. The highest BCUT2D eigenvalue weighted by atomic mass is 35.5. The molecule has 1 fully saturated rings. The van der Waals surface area contributed by atoms with Crippen molar-refractivity contribution < 1.29 is 13.9 Å². The molecule has 2 heterocycles. The molecule has 0 saturated carbocycles. The van der Waals surface area contributed by atoms with Gasteiger partial charge in [0.2, 0.25) is 0 Å². The first kappa shape index (κ1) is 18.2. The number of fused-ring (bicyclic) bond motifs is 1. The molecular weight excluding hydrogens is 362 g/mol. The highest BCUT2D eigenvalue weighted by Crippen LogP contribution is 2.36. The van der Waals surface area contributed by atoms with Crippen molar-refractivity contribution in [2.45, 2.75) is 19.3 Å². The van der Waals surface area contributed by atoms with Crippen LogP contribution >= 0.6 is 11.6 Å². The number of benzene rings is 2. The number of hydrogen-bond donors (Lipinski definition) is 0. The summed E-state index contributed by atoms with van der Waals surface area (Å²) in [4.78, 5) is 2.45. The predicted octanol–water partition coefficient (Wildman–Crippen LogP) is 5.16. The van der Waals surface area contributed by atoms with Gasteiger partial charge in [-0.2, -0.15) is 0 Å². The number of nitrogens with zero attached hydrogens (tertiary/aromatic N) is 1. The molecule has 0 unspecified atom stereocenters. The Balaban J connectivity index is 1.59. The largest absolute Gasteiger partial charge is 0.497 e. The molecule has 5 heteroatoms. The van der Waals surface area contributed by atoms with E-state index in [1.54, 1.807) is 7.11 Å². The average Bonchev–Trinajstić information content (AvgIpc) is 3.31. The van der Waals surface area contributed by atoms with Gasteiger partial charge in [0.25, 0.3) is 0 Å². The molecule has 0 atom stereocenters. The first-order valence-corrected chi connectivity index (χ1v) is 9.80. The molecule has 1 aromatic heterocycles. The molecule has 142 valence electrons. The van der Waals surface area contributed by atoms with E-state index in [0.717, 1.165) is 45.4 Å². The normalized spacial score (nSPS) is 14.7. The van der Waals surface area contributed by atoms with Gasteiger partial charge in [0.15, 0.2) is 11.5 Å². The number of hydrogen-bond acceptors (Lipinski definition) is 4. The van der Waals surface area contributed by atoms with Crippen molar-refractivity contribution in [3.8, 4) is 11.5 Å². The van der Waals surface area contributed by atoms with E-state index in [4.69, 9.17) is 25.5 Å². The summed E-state index contributed by atoms with van der Waals surface area (Å²) < 4.78 is 17.7. The second kappa shape index (κ2) is 8.24. The molecule has 0 radical (unpaired) electrons. The van der Waals surface area contributed by atoms with Crippen LogP contribution in [0.3, 0.4) is 0 Å². The molecular formula is C22H24ClNO3. The van der Waals surface area contributed by atoms with E-state index >= 15 is 0 Å². The molecule has 1 aliphatic heterocycles. The van der Waals surface area contributed by atoms with Crippen LogP contribution in [0.2, 0.25) is 5.02 Å². The van der Waals surface area contributed by atoms with Gasteiger partial charge >= 0.3 is 0 Å². The van der Waals surface area contributed by atoms with Crippen molar-refractivity contribution in [3.05, 3.63) is 58.8 Å². The summed E-state index contributed by atoms with van der Waals surface area (Å²) in [6, 6.07) is 13.7. The molecule has 4 nitrogen and oxygen atoms in total. The minimum atomic E-state index is 0.660. The van der Waals surface area contributed by atoms with Gasteiger partial charge in [0, 0.05) is 24.1 Å². The number of halogens is 1. The molecule has 0 spiro atoms. The van der Waals surface area contributed by atoms with Gasteiger partial charge in [-0.3, -0.25) is 4.90 Å². The van der Waals surface area contributed by atoms with Gasteiger partial charge in [-0.1, -0.05) is 23.7 Å². The summed E-state index contributed by atoms with van der Waals surface area (Å²) in [7, 11) is 1.66. The van der Waals surface area contributed by atoms with Crippen molar-refractivity contribution in [1.82, 2.24) is 4.90 Å². The zero-order chi connectivity index (χ0) is 18.6. The fourth-order valence-corrected chi connectivity index (χ4v) is 3.70. The average molecular weight is 386 g/mol. The minimum absolute atomic E-state index is 0.660. The summed E-state index contributed by atoms with van der Waals surface area (Å²) in [5, 5.41) is 1.72. The van der Waals surface area contributed by atoms with Crippen LogP contribution in [0.15, 0.2) is 46.9 Å². The van der Waals surface area contributed by atoms with Crippen LogP contribution in [0.4, 0.5) is 0 Å². The molecule has 0 amide bonds. The minimum Gasteiger partial charge on any atom is -0.497 e. The first-order valence-electron chi connectivity index (χ1n) is 9.42. The maximum atomic E-state index is 6.22. The lowest BCUT2D eigenvalue weighted by Gasteiger charge is -2.15. The van der Waals surface area contributed by atoms with Crippen molar-refractivity contribution >= 4 is 22.6 Å². The molecule has 2 aromatic carbocycles. The number of rotatable bonds is 7. The Bertz CT molecular complexity index is 898. The van der Waals surface area contributed by atoms with Crippen molar-refractivity contribution in [2.75, 3.05) is 33.4 Å². The molecule has 1 aliphatic rings. The third-order valence-electron chi connectivity index (χ3n) is 5.05. The number of likely N-dealkylation sites (tertiary alicyclic amines) is 1. The van der Waals surface area contributed by atoms with E-state index in [1.807, 2.05) is 42.5 Å². The SMILES string of the molecule is COc1ccc2c(OCCN3CCCC3)c(Cc3ccc(Cl)cc3)oc2c1. The lowest BCUT2D eigenvalue weighted by molar-refractivity contribution is 0.235. The van der Waals surface area contributed by atoms with Crippen LogP contribution in [0.25, 0.3) is 11.0 Å². The van der Waals surface area contributed by atoms with Crippen molar-refractivity contribution in [2.24, 2.45) is 0 Å². The summed E-state index contributed by atoms with van der Waals surface area (Å²) in [5.74, 6) is 2.45. The monoisotopic (exact) mass is 385 g/mol. The number of ether oxygens (including phenoxy) is 2. The Labute approximate surface area is 164 Å². The van der Waals surface area contributed by atoms with Gasteiger partial charge in [-0.15, -0.1) is 0 Å². The fraction of sp³-hybridized carbons (Fsp3) is 0.364. The fourth-order valence-electron chi connectivity index (χ4n) is 3.58. The van der Waals surface area contributed by atoms with Gasteiger partial charge in [0.05, 0.1) is 12.5 Å². The summed E-state index contributed by atoms with van der Waals surface area (Å²) in [6.45, 7) is 3.95. The quantitative estimate of drug-likeness (QED) is 0.562. The zero-order valence-electron chi connectivity index (χ0n) is 15.5. The summed E-state index contributed by atoms with van der Waals surface area (Å²) in [6.07, 6.45) is 3.24. The highest BCUT2D eigenvalue weighted by molar-refractivity contribution is 6.30. The highest BCUT2D eigenvalue weighted by Gasteiger charge is 2.18. The number of methoxy groups -OCH3 is 1. The standard InChI is InChI=1S/C22H24ClNO3/c1-25-18-8-9-19-20(15-18)27-21(14-16-4-6-17(23)7-5-16)22(19)26-13-12-24-10-2-3-11-24/h4-9,15H,2-3,10-14H2,1H3. The Hall–Kier alpha value is -2.17. The zero-order valence-corrected chi connectivity index (χ0v) is 16.3. The maximum absolute atomic E-state index is 6.22. The van der Waals surface area contributed by atoms with Gasteiger partial charge in [-0.05, 0) is 55.8 Å². The van der Waals surface area contributed by atoms with Crippen LogP contribution in [0.1, 0.15) is 24.2 Å². The molecule has 3 aromatic rings. The molecule has 1 saturated heterocycles. The third kappa shape index (κ3) is 4.23. The van der Waals surface area contributed by atoms with Crippen LogP contribution in [-0.2, 0) is 6.42 Å². The molecule has 0 aliphatic carbocycles. The first-order chi connectivity index (χ1) is 13.2. The lowest BCUT2D eigenvalue weighted by atomic mass is 10.1. The Morgan fingerprint density at radius 1 is 1.07 bits per heavy atom. The molecule has 4 rings (SSSR count). The van der Waals surface area contributed by atoms with E-state index in [2.05, 4.69) is 4.90 Å². The maximum Gasteiger partial charge on any atom is 0.168 e. The molecule has 0 bridgehead atoms. The predicted molar refractivity (Wildman–Crippen MR) is 108 cm³/mol. The number of furan rings is 1. The van der Waals surface area contributed by atoms with E-state index in [-0.39, 0.29) is 0 Å². The smallest absolute Gasteiger partial charge is 0.168 e. The Kier molecular flexibility index (Phi) is 5.55. The lowest BCUT2D eigenvalue weighted by Crippen LogP contribution is -2.25. The summed E-state index contributed by atoms with van der Waals surface area (Å²) >= 11 is 6.01. The van der Waals surface area contributed by atoms with E-state index in [9.17, 15) is 0 Å². The van der Waals surface area contributed by atoms with E-state index in [0.29, 0.717) is 13.0 Å². The Morgan fingerprint density at radius 2 is 1.85 bits per heavy atom. The van der Waals surface area contributed by atoms with Crippen LogP contribution in [-0.4, -0.2) is 38.3 Å². The van der Waals surface area contributed by atoms with Gasteiger partial charge in [0.1, 0.15) is 17.9 Å². The van der Waals surface area contributed by atoms with Crippen molar-refractivity contribution in [1.29, 1.82) is 0 Å². The third-order valence-corrected chi connectivity index (χ3v) is 5.30.